The van der Waals surface area contributed by atoms with E-state index in [0.717, 1.165) is 17.3 Å². The highest BCUT2D eigenvalue weighted by atomic mass is 35.5. The smallest absolute Gasteiger partial charge is 0.0931 e. The van der Waals surface area contributed by atoms with Crippen LogP contribution in [-0.4, -0.2) is 23.8 Å². The molecule has 3 N–H and O–H groups in total. The van der Waals surface area contributed by atoms with Crippen molar-refractivity contribution >= 4 is 28.8 Å². The molecule has 0 fully saturated rings. The van der Waals surface area contributed by atoms with Gasteiger partial charge in [0.15, 0.2) is 0 Å². The maximum Gasteiger partial charge on any atom is 0.0931 e. The van der Waals surface area contributed by atoms with Gasteiger partial charge in [0.25, 0.3) is 0 Å². The molecule has 0 saturated heterocycles. The Bertz CT molecular complexity index is 351. The first-order chi connectivity index (χ1) is 7.52. The SMILES string of the molecule is CCC(CC(=N)N)N(C)Cc1ccc(Cl)s1. The molecule has 5 heteroatoms. The largest absolute Gasteiger partial charge is 0.388 e. The average molecular weight is 260 g/mol. The van der Waals surface area contributed by atoms with Crippen LogP contribution in [0.5, 0.6) is 0 Å². The molecular weight excluding hydrogens is 242 g/mol. The predicted molar refractivity (Wildman–Crippen MR) is 71.4 cm³/mol. The first-order valence-electron chi connectivity index (χ1n) is 5.30. The second-order valence-corrected chi connectivity index (χ2v) is 5.71. The van der Waals surface area contributed by atoms with Gasteiger partial charge in [-0.15, -0.1) is 11.3 Å². The van der Waals surface area contributed by atoms with Crippen LogP contribution in [0, 0.1) is 5.41 Å². The molecule has 1 aromatic heterocycles. The van der Waals surface area contributed by atoms with Crippen LogP contribution in [0.3, 0.4) is 0 Å². The van der Waals surface area contributed by atoms with Crippen molar-refractivity contribution < 1.29 is 0 Å². The molecule has 0 radical (unpaired) electrons. The molecule has 0 aromatic carbocycles. The van der Waals surface area contributed by atoms with E-state index < -0.39 is 0 Å². The summed E-state index contributed by atoms with van der Waals surface area (Å²) in [5.41, 5.74) is 5.44. The highest BCUT2D eigenvalue weighted by Gasteiger charge is 2.14. The number of nitrogens with two attached hydrogens (primary N) is 1. The van der Waals surface area contributed by atoms with Gasteiger partial charge in [-0.3, -0.25) is 10.3 Å². The van der Waals surface area contributed by atoms with E-state index in [0.29, 0.717) is 12.5 Å². The molecular formula is C11H18ClN3S. The molecule has 0 bridgehead atoms. The lowest BCUT2D eigenvalue weighted by atomic mass is 10.1. The van der Waals surface area contributed by atoms with Crippen molar-refractivity contribution in [3.05, 3.63) is 21.3 Å². The van der Waals surface area contributed by atoms with E-state index in [2.05, 4.69) is 18.9 Å². The Balaban J connectivity index is 2.55. The summed E-state index contributed by atoms with van der Waals surface area (Å²) in [5, 5.41) is 7.34. The van der Waals surface area contributed by atoms with Crippen LogP contribution in [0.15, 0.2) is 12.1 Å². The number of rotatable bonds is 6. The molecule has 90 valence electrons. The Morgan fingerprint density at radius 3 is 2.75 bits per heavy atom. The van der Waals surface area contributed by atoms with Crippen molar-refractivity contribution in [3.8, 4) is 0 Å². The molecule has 1 aromatic rings. The fraction of sp³-hybridized carbons (Fsp3) is 0.545. The summed E-state index contributed by atoms with van der Waals surface area (Å²) in [6, 6.07) is 4.30. The molecule has 16 heavy (non-hydrogen) atoms. The Morgan fingerprint density at radius 1 is 1.62 bits per heavy atom. The number of thiophene rings is 1. The third-order valence-corrected chi connectivity index (χ3v) is 3.80. The zero-order valence-corrected chi connectivity index (χ0v) is 11.2. The molecule has 0 saturated carbocycles. The van der Waals surface area contributed by atoms with E-state index in [1.807, 2.05) is 12.1 Å². The summed E-state index contributed by atoms with van der Waals surface area (Å²) in [4.78, 5) is 3.47. The van der Waals surface area contributed by atoms with Crippen LogP contribution >= 0.6 is 22.9 Å². The molecule has 1 heterocycles. The summed E-state index contributed by atoms with van der Waals surface area (Å²) >= 11 is 7.49. The lowest BCUT2D eigenvalue weighted by Gasteiger charge is -2.26. The normalized spacial score (nSPS) is 13.0. The Hall–Kier alpha value is -0.580. The Morgan fingerprint density at radius 2 is 2.31 bits per heavy atom. The maximum absolute atomic E-state index is 7.34. The number of hydrogen-bond donors (Lipinski definition) is 2. The van der Waals surface area contributed by atoms with E-state index in [1.165, 1.54) is 4.88 Å². The lowest BCUT2D eigenvalue weighted by Crippen LogP contribution is -2.34. The summed E-state index contributed by atoms with van der Waals surface area (Å²) in [7, 11) is 2.06. The van der Waals surface area contributed by atoms with Gasteiger partial charge < -0.3 is 5.73 Å². The minimum atomic E-state index is 0.253. The first kappa shape index (κ1) is 13.5. The van der Waals surface area contributed by atoms with E-state index in [1.54, 1.807) is 11.3 Å². The standard InChI is InChI=1S/C11H18ClN3S/c1-3-8(6-11(13)14)15(2)7-9-4-5-10(12)16-9/h4-5,8H,3,6-7H2,1-2H3,(H3,13,14). The minimum Gasteiger partial charge on any atom is -0.388 e. The molecule has 1 rings (SSSR count). The van der Waals surface area contributed by atoms with Crippen LogP contribution < -0.4 is 5.73 Å². The van der Waals surface area contributed by atoms with Crippen molar-refractivity contribution in [2.24, 2.45) is 5.73 Å². The van der Waals surface area contributed by atoms with Gasteiger partial charge in [-0.2, -0.15) is 0 Å². The topological polar surface area (TPSA) is 53.1 Å². The second kappa shape index (κ2) is 6.23. The van der Waals surface area contributed by atoms with Gasteiger partial charge in [0.05, 0.1) is 10.2 Å². The highest BCUT2D eigenvalue weighted by molar-refractivity contribution is 7.16. The van der Waals surface area contributed by atoms with Crippen molar-refractivity contribution in [1.29, 1.82) is 5.41 Å². The Kier molecular flexibility index (Phi) is 5.25. The monoisotopic (exact) mass is 259 g/mol. The predicted octanol–water partition coefficient (Wildman–Crippen LogP) is 2.94. The zero-order chi connectivity index (χ0) is 12.1. The fourth-order valence-electron chi connectivity index (χ4n) is 1.68. The zero-order valence-electron chi connectivity index (χ0n) is 9.66. The third-order valence-electron chi connectivity index (χ3n) is 2.58. The minimum absolute atomic E-state index is 0.253. The first-order valence-corrected chi connectivity index (χ1v) is 6.49. The van der Waals surface area contributed by atoms with E-state index in [9.17, 15) is 0 Å². The molecule has 0 aliphatic rings. The van der Waals surface area contributed by atoms with Crippen molar-refractivity contribution in [1.82, 2.24) is 4.90 Å². The maximum atomic E-state index is 7.34. The second-order valence-electron chi connectivity index (χ2n) is 3.91. The molecule has 1 unspecified atom stereocenters. The summed E-state index contributed by atoms with van der Waals surface area (Å²) in [6.45, 7) is 2.98. The van der Waals surface area contributed by atoms with Gasteiger partial charge in [-0.25, -0.2) is 0 Å². The van der Waals surface area contributed by atoms with E-state index in [4.69, 9.17) is 22.7 Å². The van der Waals surface area contributed by atoms with Gasteiger partial charge >= 0.3 is 0 Å². The van der Waals surface area contributed by atoms with Crippen molar-refractivity contribution in [2.45, 2.75) is 32.4 Å². The van der Waals surface area contributed by atoms with Crippen molar-refractivity contribution in [3.63, 3.8) is 0 Å². The molecule has 0 aliphatic heterocycles. The number of nitrogens with one attached hydrogen (secondary N) is 1. The highest BCUT2D eigenvalue weighted by Crippen LogP contribution is 2.23. The molecule has 3 nitrogen and oxygen atoms in total. The fourth-order valence-corrected chi connectivity index (χ4v) is 2.83. The van der Waals surface area contributed by atoms with Crippen molar-refractivity contribution in [2.75, 3.05) is 7.05 Å². The molecule has 0 aliphatic carbocycles. The van der Waals surface area contributed by atoms with E-state index >= 15 is 0 Å². The number of halogens is 1. The molecule has 1 atom stereocenters. The quantitative estimate of drug-likeness (QED) is 0.610. The van der Waals surface area contributed by atoms with Crippen LogP contribution in [0.4, 0.5) is 0 Å². The van der Waals surface area contributed by atoms with E-state index in [-0.39, 0.29) is 5.84 Å². The summed E-state index contributed by atoms with van der Waals surface area (Å²) in [6.07, 6.45) is 1.63. The Labute approximate surface area is 106 Å². The number of amidine groups is 1. The average Bonchev–Trinajstić information content (AvgIpc) is 2.60. The summed E-state index contributed by atoms with van der Waals surface area (Å²) in [5.74, 6) is 0.253. The van der Waals surface area contributed by atoms with Crippen LogP contribution in [0.25, 0.3) is 0 Å². The van der Waals surface area contributed by atoms with Gasteiger partial charge in [-0.1, -0.05) is 18.5 Å². The number of hydrogen-bond acceptors (Lipinski definition) is 3. The molecule has 0 amide bonds. The summed E-state index contributed by atoms with van der Waals surface area (Å²) < 4.78 is 0.822. The van der Waals surface area contributed by atoms with Crippen LogP contribution in [0.2, 0.25) is 4.34 Å². The van der Waals surface area contributed by atoms with Gasteiger partial charge in [0, 0.05) is 23.9 Å². The van der Waals surface area contributed by atoms with Gasteiger partial charge in [0.2, 0.25) is 0 Å². The van der Waals surface area contributed by atoms with Crippen LogP contribution in [0.1, 0.15) is 24.6 Å². The molecule has 0 spiro atoms. The van der Waals surface area contributed by atoms with Gasteiger partial charge in [0.1, 0.15) is 0 Å². The van der Waals surface area contributed by atoms with Crippen LogP contribution in [-0.2, 0) is 6.54 Å². The third kappa shape index (κ3) is 4.12. The lowest BCUT2D eigenvalue weighted by molar-refractivity contribution is 0.234. The van der Waals surface area contributed by atoms with Gasteiger partial charge in [-0.05, 0) is 25.6 Å². The number of nitrogens with zero attached hydrogens (tertiary/aromatic N) is 1.